The first kappa shape index (κ1) is 12.6. The van der Waals surface area contributed by atoms with Crippen molar-refractivity contribution < 1.29 is 9.53 Å². The van der Waals surface area contributed by atoms with E-state index in [0.29, 0.717) is 13.1 Å². The molecule has 1 aromatic rings. The number of ether oxygens (including phenoxy) is 1. The fraction of sp³-hybridized carbons (Fsp3) is 0.583. The van der Waals surface area contributed by atoms with Crippen molar-refractivity contribution in [2.24, 2.45) is 0 Å². The van der Waals surface area contributed by atoms with E-state index in [0.717, 1.165) is 17.0 Å². The number of nitrogens with two attached hydrogens (primary N) is 1. The molecule has 6 nitrogen and oxygen atoms in total. The molecule has 98 valence electrons. The van der Waals surface area contributed by atoms with E-state index in [-0.39, 0.29) is 12.0 Å². The number of anilines is 1. The van der Waals surface area contributed by atoms with Crippen LogP contribution in [0.2, 0.25) is 0 Å². The van der Waals surface area contributed by atoms with Gasteiger partial charge in [0, 0.05) is 11.3 Å². The van der Waals surface area contributed by atoms with Gasteiger partial charge in [-0.25, -0.2) is 14.8 Å². The number of hydrogen-bond acceptors (Lipinski definition) is 5. The number of aryl methyl sites for hydroxylation is 1. The van der Waals surface area contributed by atoms with Crippen molar-refractivity contribution in [2.45, 2.75) is 46.4 Å². The Kier molecular flexibility index (Phi) is 2.88. The maximum Gasteiger partial charge on any atom is 0.410 e. The highest BCUT2D eigenvalue weighted by molar-refractivity contribution is 5.69. The molecule has 1 aliphatic heterocycles. The topological polar surface area (TPSA) is 81.3 Å². The molecule has 0 radical (unpaired) electrons. The van der Waals surface area contributed by atoms with Crippen molar-refractivity contribution in [3.8, 4) is 0 Å². The van der Waals surface area contributed by atoms with Gasteiger partial charge in [0.25, 0.3) is 0 Å². The van der Waals surface area contributed by atoms with Crippen molar-refractivity contribution in [3.05, 3.63) is 17.0 Å². The third kappa shape index (κ3) is 2.52. The molecule has 1 aliphatic rings. The summed E-state index contributed by atoms with van der Waals surface area (Å²) in [4.78, 5) is 21.8. The average molecular weight is 250 g/mol. The maximum atomic E-state index is 11.9. The van der Waals surface area contributed by atoms with Gasteiger partial charge in [-0.15, -0.1) is 0 Å². The molecule has 1 amide bonds. The van der Waals surface area contributed by atoms with Crippen molar-refractivity contribution in [1.29, 1.82) is 0 Å². The third-order valence-electron chi connectivity index (χ3n) is 2.66. The van der Waals surface area contributed by atoms with Crippen molar-refractivity contribution >= 4 is 12.0 Å². The Morgan fingerprint density at radius 1 is 1.33 bits per heavy atom. The van der Waals surface area contributed by atoms with E-state index in [1.54, 1.807) is 4.90 Å². The van der Waals surface area contributed by atoms with Crippen LogP contribution in [-0.4, -0.2) is 26.6 Å². The zero-order valence-corrected chi connectivity index (χ0v) is 11.1. The second kappa shape index (κ2) is 4.12. The molecule has 1 aromatic heterocycles. The third-order valence-corrected chi connectivity index (χ3v) is 2.66. The predicted octanol–water partition coefficient (Wildman–Crippen LogP) is 1.62. The van der Waals surface area contributed by atoms with Gasteiger partial charge in [0.15, 0.2) is 0 Å². The Hall–Kier alpha value is -1.85. The first-order valence-electron chi connectivity index (χ1n) is 5.86. The Morgan fingerprint density at radius 3 is 2.61 bits per heavy atom. The summed E-state index contributed by atoms with van der Waals surface area (Å²) in [5.41, 5.74) is 7.70. The molecule has 0 spiro atoms. The Balaban J connectivity index is 2.15. The van der Waals surface area contributed by atoms with Crippen LogP contribution in [0.25, 0.3) is 0 Å². The SMILES string of the molecule is Cc1nc(N)nc2c1CN(C(=O)OC(C)(C)C)C2. The first-order valence-corrected chi connectivity index (χ1v) is 5.86. The number of carbonyl (C=O) groups excluding carboxylic acids is 1. The molecule has 2 rings (SSSR count). The number of nitrogen functional groups attached to an aromatic ring is 1. The summed E-state index contributed by atoms with van der Waals surface area (Å²) in [5, 5.41) is 0. The molecule has 0 fully saturated rings. The maximum absolute atomic E-state index is 11.9. The van der Waals surface area contributed by atoms with Gasteiger partial charge in [-0.2, -0.15) is 0 Å². The van der Waals surface area contributed by atoms with Crippen LogP contribution in [0.5, 0.6) is 0 Å². The van der Waals surface area contributed by atoms with Gasteiger partial charge >= 0.3 is 6.09 Å². The Labute approximate surface area is 106 Å². The number of carbonyl (C=O) groups is 1. The summed E-state index contributed by atoms with van der Waals surface area (Å²) in [6, 6.07) is 0. The second-order valence-electron chi connectivity index (χ2n) is 5.43. The van der Waals surface area contributed by atoms with Crippen LogP contribution in [0, 0.1) is 6.92 Å². The summed E-state index contributed by atoms with van der Waals surface area (Å²) in [7, 11) is 0. The van der Waals surface area contributed by atoms with Crippen LogP contribution in [-0.2, 0) is 17.8 Å². The molecule has 2 N–H and O–H groups in total. The molecule has 0 unspecified atom stereocenters. The molecule has 6 heteroatoms. The zero-order valence-electron chi connectivity index (χ0n) is 11.1. The molecule has 0 aliphatic carbocycles. The average Bonchev–Trinajstić information content (AvgIpc) is 2.58. The van der Waals surface area contributed by atoms with Crippen LogP contribution in [0.3, 0.4) is 0 Å². The molecule has 0 saturated heterocycles. The largest absolute Gasteiger partial charge is 0.444 e. The van der Waals surface area contributed by atoms with Crippen LogP contribution in [0.1, 0.15) is 37.7 Å². The molecule has 2 heterocycles. The number of nitrogens with zero attached hydrogens (tertiary/aromatic N) is 3. The van der Waals surface area contributed by atoms with Crippen LogP contribution in [0.15, 0.2) is 0 Å². The number of hydrogen-bond donors (Lipinski definition) is 1. The van der Waals surface area contributed by atoms with E-state index in [1.165, 1.54) is 0 Å². The normalized spacial score (nSPS) is 14.6. The van der Waals surface area contributed by atoms with Gasteiger partial charge in [0.2, 0.25) is 5.95 Å². The van der Waals surface area contributed by atoms with E-state index in [9.17, 15) is 4.79 Å². The lowest BCUT2D eigenvalue weighted by molar-refractivity contribution is 0.0240. The summed E-state index contributed by atoms with van der Waals surface area (Å²) in [6.07, 6.45) is -0.335. The number of amides is 1. The standard InChI is InChI=1S/C12H18N4O2/c1-7-8-5-16(11(17)18-12(2,3)4)6-9(8)15-10(13)14-7/h5-6H2,1-4H3,(H2,13,14,15). The minimum atomic E-state index is -0.494. The smallest absolute Gasteiger partial charge is 0.410 e. The first-order chi connectivity index (χ1) is 8.26. The second-order valence-corrected chi connectivity index (χ2v) is 5.43. The van der Waals surface area contributed by atoms with Crippen molar-refractivity contribution in [2.75, 3.05) is 5.73 Å². The van der Waals surface area contributed by atoms with E-state index in [1.807, 2.05) is 27.7 Å². The molecule has 0 atom stereocenters. The van der Waals surface area contributed by atoms with E-state index in [4.69, 9.17) is 10.5 Å². The highest BCUT2D eigenvalue weighted by Crippen LogP contribution is 2.25. The molecular formula is C12H18N4O2. The minimum Gasteiger partial charge on any atom is -0.444 e. The van der Waals surface area contributed by atoms with Crippen LogP contribution < -0.4 is 5.73 Å². The van der Waals surface area contributed by atoms with Gasteiger partial charge in [-0.1, -0.05) is 0 Å². The fourth-order valence-corrected chi connectivity index (χ4v) is 1.90. The lowest BCUT2D eigenvalue weighted by Gasteiger charge is -2.23. The van der Waals surface area contributed by atoms with Crippen LogP contribution in [0.4, 0.5) is 10.7 Å². The van der Waals surface area contributed by atoms with Gasteiger partial charge in [-0.05, 0) is 27.7 Å². The summed E-state index contributed by atoms with van der Waals surface area (Å²) in [5.74, 6) is 0.247. The highest BCUT2D eigenvalue weighted by Gasteiger charge is 2.30. The Morgan fingerprint density at radius 2 is 2.00 bits per heavy atom. The van der Waals surface area contributed by atoms with E-state index in [2.05, 4.69) is 9.97 Å². The lowest BCUT2D eigenvalue weighted by atomic mass is 10.2. The van der Waals surface area contributed by atoms with Crippen molar-refractivity contribution in [1.82, 2.24) is 14.9 Å². The summed E-state index contributed by atoms with van der Waals surface area (Å²) < 4.78 is 5.33. The van der Waals surface area contributed by atoms with Gasteiger partial charge in [0.1, 0.15) is 5.60 Å². The van der Waals surface area contributed by atoms with Crippen molar-refractivity contribution in [3.63, 3.8) is 0 Å². The van der Waals surface area contributed by atoms with Gasteiger partial charge < -0.3 is 10.5 Å². The lowest BCUT2D eigenvalue weighted by Crippen LogP contribution is -2.33. The van der Waals surface area contributed by atoms with Gasteiger partial charge in [-0.3, -0.25) is 4.90 Å². The molecule has 0 bridgehead atoms. The number of rotatable bonds is 0. The van der Waals surface area contributed by atoms with E-state index >= 15 is 0 Å². The molecule has 0 saturated carbocycles. The van der Waals surface area contributed by atoms with E-state index < -0.39 is 5.60 Å². The minimum absolute atomic E-state index is 0.247. The quantitative estimate of drug-likeness (QED) is 0.756. The molecule has 0 aromatic carbocycles. The fourth-order valence-electron chi connectivity index (χ4n) is 1.90. The Bertz CT molecular complexity index is 494. The molecule has 18 heavy (non-hydrogen) atoms. The number of aromatic nitrogens is 2. The summed E-state index contributed by atoms with van der Waals surface area (Å²) >= 11 is 0. The van der Waals surface area contributed by atoms with Crippen LogP contribution >= 0.6 is 0 Å². The zero-order chi connectivity index (χ0) is 13.5. The van der Waals surface area contributed by atoms with Gasteiger partial charge in [0.05, 0.1) is 18.8 Å². The molecular weight excluding hydrogens is 232 g/mol. The number of fused-ring (bicyclic) bond motifs is 1. The monoisotopic (exact) mass is 250 g/mol. The highest BCUT2D eigenvalue weighted by atomic mass is 16.6. The predicted molar refractivity (Wildman–Crippen MR) is 66.7 cm³/mol. The summed E-state index contributed by atoms with van der Waals surface area (Å²) in [6.45, 7) is 8.31.